The average Bonchev–Trinajstić information content (AvgIpc) is 2.94. The van der Waals surface area contributed by atoms with Crippen molar-refractivity contribution in [1.29, 1.82) is 0 Å². The first-order valence-electron chi connectivity index (χ1n) is 6.14. The lowest BCUT2D eigenvalue weighted by Crippen LogP contribution is -2.14. The molecule has 3 aromatic rings. The first kappa shape index (κ1) is 12.8. The van der Waals surface area contributed by atoms with Crippen LogP contribution in [-0.4, -0.2) is 9.38 Å². The van der Waals surface area contributed by atoms with Gasteiger partial charge in [0.05, 0.1) is 5.69 Å². The van der Waals surface area contributed by atoms with Gasteiger partial charge in [-0.2, -0.15) is 0 Å². The van der Waals surface area contributed by atoms with E-state index in [2.05, 4.69) is 4.98 Å². The minimum Gasteiger partial charge on any atom is -0.487 e. The molecular formula is C14H13N3O2S. The van der Waals surface area contributed by atoms with Crippen molar-refractivity contribution in [3.05, 3.63) is 63.5 Å². The Balaban J connectivity index is 1.80. The van der Waals surface area contributed by atoms with E-state index in [0.29, 0.717) is 17.2 Å². The first-order chi connectivity index (χ1) is 9.76. The molecule has 0 atom stereocenters. The maximum absolute atomic E-state index is 11.8. The van der Waals surface area contributed by atoms with Crippen molar-refractivity contribution in [1.82, 2.24) is 9.38 Å². The number of rotatable bonds is 4. The summed E-state index contributed by atoms with van der Waals surface area (Å²) >= 11 is 1.42. The molecule has 0 saturated carbocycles. The van der Waals surface area contributed by atoms with Gasteiger partial charge in [0.1, 0.15) is 12.4 Å². The zero-order valence-electron chi connectivity index (χ0n) is 10.7. The number of aromatic nitrogens is 2. The first-order valence-corrected chi connectivity index (χ1v) is 7.02. The molecule has 0 bridgehead atoms. The maximum atomic E-state index is 11.8. The Labute approximate surface area is 119 Å². The van der Waals surface area contributed by atoms with Crippen LogP contribution in [0.5, 0.6) is 5.75 Å². The van der Waals surface area contributed by atoms with E-state index in [1.54, 1.807) is 6.20 Å². The van der Waals surface area contributed by atoms with E-state index in [1.165, 1.54) is 21.8 Å². The van der Waals surface area contributed by atoms with Gasteiger partial charge in [0, 0.05) is 24.2 Å². The highest BCUT2D eigenvalue weighted by Gasteiger charge is 2.04. The number of nitrogens with zero attached hydrogens (tertiary/aromatic N) is 2. The fourth-order valence-corrected chi connectivity index (χ4v) is 2.62. The third-order valence-electron chi connectivity index (χ3n) is 2.88. The van der Waals surface area contributed by atoms with Crippen molar-refractivity contribution >= 4 is 16.3 Å². The van der Waals surface area contributed by atoms with Crippen molar-refractivity contribution in [3.63, 3.8) is 0 Å². The molecule has 2 N–H and O–H groups in total. The van der Waals surface area contributed by atoms with Crippen LogP contribution >= 0.6 is 11.3 Å². The molecule has 102 valence electrons. The topological polar surface area (TPSA) is 69.6 Å². The van der Waals surface area contributed by atoms with Gasteiger partial charge in [-0.05, 0) is 17.7 Å². The Kier molecular flexibility index (Phi) is 3.49. The molecule has 0 aliphatic rings. The molecule has 3 rings (SSSR count). The standard InChI is InChI=1S/C14H13N3O2S/c15-8-10-2-1-3-12(6-10)19-9-11-7-13(18)17-4-5-20-14(17)16-11/h1-7H,8-9,15H2. The number of hydrogen-bond donors (Lipinski definition) is 1. The van der Waals surface area contributed by atoms with Gasteiger partial charge in [0.15, 0.2) is 4.96 Å². The van der Waals surface area contributed by atoms with Crippen molar-refractivity contribution in [2.75, 3.05) is 0 Å². The van der Waals surface area contributed by atoms with Crippen LogP contribution in [0.25, 0.3) is 4.96 Å². The lowest BCUT2D eigenvalue weighted by molar-refractivity contribution is 0.301. The highest BCUT2D eigenvalue weighted by atomic mass is 32.1. The Morgan fingerprint density at radius 1 is 1.35 bits per heavy atom. The van der Waals surface area contributed by atoms with Gasteiger partial charge >= 0.3 is 0 Å². The number of nitrogens with two attached hydrogens (primary N) is 1. The molecule has 2 aromatic heterocycles. The maximum Gasteiger partial charge on any atom is 0.258 e. The summed E-state index contributed by atoms with van der Waals surface area (Å²) in [4.78, 5) is 16.9. The van der Waals surface area contributed by atoms with Gasteiger partial charge < -0.3 is 10.5 Å². The van der Waals surface area contributed by atoms with E-state index < -0.39 is 0 Å². The lowest BCUT2D eigenvalue weighted by Gasteiger charge is -2.07. The normalized spacial score (nSPS) is 10.8. The third kappa shape index (κ3) is 2.56. The van der Waals surface area contributed by atoms with E-state index in [1.807, 2.05) is 29.6 Å². The molecule has 0 aliphatic heterocycles. The molecule has 5 nitrogen and oxygen atoms in total. The zero-order chi connectivity index (χ0) is 13.9. The largest absolute Gasteiger partial charge is 0.487 e. The summed E-state index contributed by atoms with van der Waals surface area (Å²) in [5.74, 6) is 0.723. The van der Waals surface area contributed by atoms with Crippen LogP contribution in [0.2, 0.25) is 0 Å². The second kappa shape index (κ2) is 5.44. The number of benzene rings is 1. The van der Waals surface area contributed by atoms with Crippen molar-refractivity contribution in [3.8, 4) is 5.75 Å². The SMILES string of the molecule is NCc1cccc(OCc2cc(=O)n3ccsc3n2)c1. The van der Waals surface area contributed by atoms with Crippen molar-refractivity contribution in [2.24, 2.45) is 5.73 Å². The van der Waals surface area contributed by atoms with Gasteiger partial charge in [0.25, 0.3) is 5.56 Å². The van der Waals surface area contributed by atoms with Gasteiger partial charge in [0.2, 0.25) is 0 Å². The average molecular weight is 287 g/mol. The summed E-state index contributed by atoms with van der Waals surface area (Å²) in [7, 11) is 0. The Morgan fingerprint density at radius 2 is 2.25 bits per heavy atom. The minimum absolute atomic E-state index is 0.0921. The number of ether oxygens (including phenoxy) is 1. The molecule has 0 radical (unpaired) electrons. The van der Waals surface area contributed by atoms with Gasteiger partial charge in [-0.1, -0.05) is 12.1 Å². The van der Waals surface area contributed by atoms with E-state index in [-0.39, 0.29) is 12.2 Å². The number of hydrogen-bond acceptors (Lipinski definition) is 5. The molecule has 0 spiro atoms. The lowest BCUT2D eigenvalue weighted by atomic mass is 10.2. The summed E-state index contributed by atoms with van der Waals surface area (Å²) in [5.41, 5.74) is 7.12. The smallest absolute Gasteiger partial charge is 0.258 e. The van der Waals surface area contributed by atoms with Crippen molar-refractivity contribution in [2.45, 2.75) is 13.2 Å². The molecule has 0 aliphatic carbocycles. The van der Waals surface area contributed by atoms with Gasteiger partial charge in [-0.25, -0.2) is 4.98 Å². The fourth-order valence-electron chi connectivity index (χ4n) is 1.88. The second-order valence-electron chi connectivity index (χ2n) is 4.28. The Hall–Kier alpha value is -2.18. The highest BCUT2D eigenvalue weighted by molar-refractivity contribution is 7.15. The quantitative estimate of drug-likeness (QED) is 0.794. The molecule has 20 heavy (non-hydrogen) atoms. The number of fused-ring (bicyclic) bond motifs is 1. The molecule has 2 heterocycles. The zero-order valence-corrected chi connectivity index (χ0v) is 11.5. The summed E-state index contributed by atoms with van der Waals surface area (Å²) < 4.78 is 7.17. The van der Waals surface area contributed by atoms with Crippen LogP contribution in [-0.2, 0) is 13.2 Å². The predicted octanol–water partition coefficient (Wildman–Crippen LogP) is 1.79. The van der Waals surface area contributed by atoms with Gasteiger partial charge in [-0.15, -0.1) is 11.3 Å². The molecule has 6 heteroatoms. The van der Waals surface area contributed by atoms with E-state index in [9.17, 15) is 4.79 Å². The van der Waals surface area contributed by atoms with Crippen LogP contribution in [0, 0.1) is 0 Å². The van der Waals surface area contributed by atoms with E-state index >= 15 is 0 Å². The van der Waals surface area contributed by atoms with Crippen LogP contribution < -0.4 is 16.0 Å². The summed E-state index contributed by atoms with van der Waals surface area (Å²) in [5, 5.41) is 1.83. The predicted molar refractivity (Wildman–Crippen MR) is 78.0 cm³/mol. The summed E-state index contributed by atoms with van der Waals surface area (Å²) in [6, 6.07) is 9.07. The van der Waals surface area contributed by atoms with Crippen LogP contribution in [0.15, 0.2) is 46.7 Å². The summed E-state index contributed by atoms with van der Waals surface area (Å²) in [6.07, 6.45) is 1.71. The molecule has 0 amide bonds. The van der Waals surface area contributed by atoms with Crippen molar-refractivity contribution < 1.29 is 4.74 Å². The second-order valence-corrected chi connectivity index (χ2v) is 5.15. The van der Waals surface area contributed by atoms with E-state index in [0.717, 1.165) is 11.3 Å². The summed E-state index contributed by atoms with van der Waals surface area (Å²) in [6.45, 7) is 0.732. The molecule has 1 aromatic carbocycles. The molecule has 0 fully saturated rings. The molecule has 0 saturated heterocycles. The van der Waals surface area contributed by atoms with Crippen LogP contribution in [0.3, 0.4) is 0 Å². The monoisotopic (exact) mass is 287 g/mol. The van der Waals surface area contributed by atoms with Crippen LogP contribution in [0.4, 0.5) is 0 Å². The minimum atomic E-state index is -0.0921. The third-order valence-corrected chi connectivity index (χ3v) is 3.63. The van der Waals surface area contributed by atoms with Crippen LogP contribution in [0.1, 0.15) is 11.3 Å². The molecule has 0 unspecified atom stereocenters. The fraction of sp³-hybridized carbons (Fsp3) is 0.143. The molecular weight excluding hydrogens is 274 g/mol. The highest BCUT2D eigenvalue weighted by Crippen LogP contribution is 2.14. The van der Waals surface area contributed by atoms with Gasteiger partial charge in [-0.3, -0.25) is 9.20 Å². The van der Waals surface area contributed by atoms with E-state index in [4.69, 9.17) is 10.5 Å². The Bertz CT molecular complexity index is 794. The Morgan fingerprint density at radius 3 is 3.10 bits per heavy atom. The number of thiazole rings is 1.